The summed E-state index contributed by atoms with van der Waals surface area (Å²) in [6, 6.07) is 10.5. The van der Waals surface area contributed by atoms with Gasteiger partial charge in [-0.2, -0.15) is 20.3 Å². The van der Waals surface area contributed by atoms with E-state index in [0.717, 1.165) is 17.3 Å². The maximum Gasteiger partial charge on any atom is 0.250 e. The monoisotopic (exact) mass is 371 g/mol. The van der Waals surface area contributed by atoms with Crippen LogP contribution in [0.5, 0.6) is 11.8 Å². The Morgan fingerprint density at radius 3 is 2.38 bits per heavy atom. The summed E-state index contributed by atoms with van der Waals surface area (Å²) in [4.78, 5) is 20.2. The second kappa shape index (κ2) is 9.39. The predicted molar refractivity (Wildman–Crippen MR) is 97.4 cm³/mol. The molecule has 1 amide bonds. The van der Waals surface area contributed by atoms with Gasteiger partial charge in [0.25, 0.3) is 5.91 Å². The molecule has 1 aromatic carbocycles. The lowest BCUT2D eigenvalue weighted by atomic mass is 10.1. The molecule has 1 N–H and O–H groups in total. The topological polar surface area (TPSA) is 109 Å². The summed E-state index contributed by atoms with van der Waals surface area (Å²) in [5.74, 6) is 0.498. The first-order chi connectivity index (χ1) is 12.5. The van der Waals surface area contributed by atoms with Crippen LogP contribution in [0.3, 0.4) is 0 Å². The highest BCUT2D eigenvalue weighted by Gasteiger charge is 2.09. The maximum atomic E-state index is 12.0. The van der Waals surface area contributed by atoms with E-state index in [1.165, 1.54) is 14.2 Å². The number of carbonyl (C=O) groups is 1. The summed E-state index contributed by atoms with van der Waals surface area (Å²) in [5, 5.41) is 13.2. The number of hydrazone groups is 1. The van der Waals surface area contributed by atoms with Crippen molar-refractivity contribution >= 4 is 23.4 Å². The Morgan fingerprint density at radius 1 is 1.23 bits per heavy atom. The molecular formula is C17H17N5O3S. The Balaban J connectivity index is 1.93. The number of thioether (sulfide) groups is 1. The fourth-order valence-electron chi connectivity index (χ4n) is 1.82. The highest BCUT2D eigenvalue weighted by Crippen LogP contribution is 2.21. The van der Waals surface area contributed by atoms with Gasteiger partial charge in [-0.15, -0.1) is 0 Å². The van der Waals surface area contributed by atoms with Crippen LogP contribution in [0, 0.1) is 11.3 Å². The molecule has 0 saturated heterocycles. The van der Waals surface area contributed by atoms with Gasteiger partial charge in [0.15, 0.2) is 5.16 Å². The molecule has 0 aliphatic carbocycles. The molecular weight excluding hydrogens is 354 g/mol. The SMILES string of the molecule is COc1cc(OC)nc(SCC(=O)NN=C(C)c2ccc(C#N)cc2)n1. The molecule has 0 bridgehead atoms. The molecule has 9 heteroatoms. The van der Waals surface area contributed by atoms with E-state index in [4.69, 9.17) is 14.7 Å². The summed E-state index contributed by atoms with van der Waals surface area (Å²) >= 11 is 1.14. The van der Waals surface area contributed by atoms with Crippen molar-refractivity contribution in [1.82, 2.24) is 15.4 Å². The zero-order valence-electron chi connectivity index (χ0n) is 14.5. The average molecular weight is 371 g/mol. The van der Waals surface area contributed by atoms with Crippen molar-refractivity contribution in [2.45, 2.75) is 12.1 Å². The van der Waals surface area contributed by atoms with E-state index in [1.807, 2.05) is 6.07 Å². The van der Waals surface area contributed by atoms with Crippen molar-refractivity contribution in [3.05, 3.63) is 41.5 Å². The summed E-state index contributed by atoms with van der Waals surface area (Å²) in [6.07, 6.45) is 0. The van der Waals surface area contributed by atoms with Gasteiger partial charge in [-0.25, -0.2) is 5.43 Å². The predicted octanol–water partition coefficient (Wildman–Crippen LogP) is 2.00. The molecule has 134 valence electrons. The molecule has 0 unspecified atom stereocenters. The molecule has 0 spiro atoms. The lowest BCUT2D eigenvalue weighted by Gasteiger charge is -2.06. The quantitative estimate of drug-likeness (QED) is 0.343. The van der Waals surface area contributed by atoms with Crippen molar-refractivity contribution < 1.29 is 14.3 Å². The van der Waals surface area contributed by atoms with Gasteiger partial charge in [0, 0.05) is 0 Å². The van der Waals surface area contributed by atoms with Crippen LogP contribution in [-0.2, 0) is 4.79 Å². The Morgan fingerprint density at radius 2 is 1.85 bits per heavy atom. The number of carbonyl (C=O) groups excluding carboxylic acids is 1. The van der Waals surface area contributed by atoms with Crippen LogP contribution in [0.1, 0.15) is 18.1 Å². The van der Waals surface area contributed by atoms with Crippen LogP contribution < -0.4 is 14.9 Å². The number of nitrogens with zero attached hydrogens (tertiary/aromatic N) is 4. The number of aromatic nitrogens is 2. The lowest BCUT2D eigenvalue weighted by molar-refractivity contribution is -0.118. The van der Waals surface area contributed by atoms with Gasteiger partial charge in [-0.05, 0) is 24.6 Å². The zero-order valence-corrected chi connectivity index (χ0v) is 15.3. The van der Waals surface area contributed by atoms with Crippen molar-refractivity contribution in [2.75, 3.05) is 20.0 Å². The second-order valence-corrected chi connectivity index (χ2v) is 5.89. The van der Waals surface area contributed by atoms with Gasteiger partial charge in [0.2, 0.25) is 11.8 Å². The van der Waals surface area contributed by atoms with Crippen LogP contribution in [0.15, 0.2) is 40.6 Å². The van der Waals surface area contributed by atoms with Crippen LogP contribution in [0.2, 0.25) is 0 Å². The number of nitrogens with one attached hydrogen (secondary N) is 1. The van der Waals surface area contributed by atoms with Gasteiger partial charge in [-0.3, -0.25) is 4.79 Å². The van der Waals surface area contributed by atoms with Gasteiger partial charge in [0.05, 0.1) is 43.4 Å². The van der Waals surface area contributed by atoms with E-state index in [-0.39, 0.29) is 11.7 Å². The largest absolute Gasteiger partial charge is 0.481 e. The van der Waals surface area contributed by atoms with E-state index in [0.29, 0.717) is 28.2 Å². The van der Waals surface area contributed by atoms with Gasteiger partial charge < -0.3 is 9.47 Å². The molecule has 0 fully saturated rings. The van der Waals surface area contributed by atoms with Crippen LogP contribution in [0.25, 0.3) is 0 Å². The first-order valence-corrected chi connectivity index (χ1v) is 8.47. The number of ether oxygens (including phenoxy) is 2. The summed E-state index contributed by atoms with van der Waals surface area (Å²) in [7, 11) is 2.98. The highest BCUT2D eigenvalue weighted by atomic mass is 32.2. The molecule has 2 aromatic rings. The number of hydrogen-bond donors (Lipinski definition) is 1. The summed E-state index contributed by atoms with van der Waals surface area (Å²) in [5.41, 5.74) is 4.50. The van der Waals surface area contributed by atoms with Gasteiger partial charge in [-0.1, -0.05) is 23.9 Å². The van der Waals surface area contributed by atoms with Gasteiger partial charge >= 0.3 is 0 Å². The molecule has 0 radical (unpaired) electrons. The second-order valence-electron chi connectivity index (χ2n) is 4.95. The molecule has 0 aliphatic heterocycles. The van der Waals surface area contributed by atoms with E-state index < -0.39 is 0 Å². The molecule has 1 aromatic heterocycles. The first-order valence-electron chi connectivity index (χ1n) is 7.49. The Labute approximate surface area is 155 Å². The van der Waals surface area contributed by atoms with E-state index in [1.54, 1.807) is 37.3 Å². The highest BCUT2D eigenvalue weighted by molar-refractivity contribution is 7.99. The molecule has 0 saturated carbocycles. The average Bonchev–Trinajstić information content (AvgIpc) is 2.70. The van der Waals surface area contributed by atoms with E-state index in [2.05, 4.69) is 20.5 Å². The fraction of sp³-hybridized carbons (Fsp3) is 0.235. The van der Waals surface area contributed by atoms with E-state index >= 15 is 0 Å². The standard InChI is InChI=1S/C17H17N5O3S/c1-11(13-6-4-12(9-18)5-7-13)21-22-14(23)10-26-17-19-15(24-2)8-16(20-17)25-3/h4-8H,10H2,1-3H3,(H,22,23). The maximum absolute atomic E-state index is 12.0. The number of nitriles is 1. The lowest BCUT2D eigenvalue weighted by Crippen LogP contribution is -2.21. The number of benzene rings is 1. The van der Waals surface area contributed by atoms with Crippen LogP contribution in [-0.4, -0.2) is 41.6 Å². The number of amides is 1. The molecule has 1 heterocycles. The molecule has 2 rings (SSSR count). The molecule has 0 aliphatic rings. The number of rotatable bonds is 7. The minimum Gasteiger partial charge on any atom is -0.481 e. The smallest absolute Gasteiger partial charge is 0.250 e. The zero-order chi connectivity index (χ0) is 18.9. The Kier molecular flexibility index (Phi) is 6.93. The third kappa shape index (κ3) is 5.46. The third-order valence-corrected chi connectivity index (χ3v) is 4.04. The molecule has 0 atom stereocenters. The number of methoxy groups -OCH3 is 2. The summed E-state index contributed by atoms with van der Waals surface area (Å²) in [6.45, 7) is 1.77. The Hall–Kier alpha value is -3.12. The minimum absolute atomic E-state index is 0.0838. The van der Waals surface area contributed by atoms with Crippen molar-refractivity contribution in [3.8, 4) is 17.8 Å². The van der Waals surface area contributed by atoms with Gasteiger partial charge in [0.1, 0.15) is 0 Å². The summed E-state index contributed by atoms with van der Waals surface area (Å²) < 4.78 is 10.1. The third-order valence-electron chi connectivity index (χ3n) is 3.19. The fourth-order valence-corrected chi connectivity index (χ4v) is 2.45. The number of hydrogen-bond acceptors (Lipinski definition) is 8. The normalized spacial score (nSPS) is 10.8. The van der Waals surface area contributed by atoms with Crippen molar-refractivity contribution in [2.24, 2.45) is 5.10 Å². The van der Waals surface area contributed by atoms with Crippen molar-refractivity contribution in [1.29, 1.82) is 5.26 Å². The molecule has 26 heavy (non-hydrogen) atoms. The Bertz CT molecular complexity index is 824. The minimum atomic E-state index is -0.298. The van der Waals surface area contributed by atoms with Crippen LogP contribution in [0.4, 0.5) is 0 Å². The molecule has 8 nitrogen and oxygen atoms in total. The van der Waals surface area contributed by atoms with Crippen molar-refractivity contribution in [3.63, 3.8) is 0 Å². The van der Waals surface area contributed by atoms with E-state index in [9.17, 15) is 4.79 Å². The first kappa shape index (κ1) is 19.2. The van der Waals surface area contributed by atoms with Crippen LogP contribution >= 0.6 is 11.8 Å².